The van der Waals surface area contributed by atoms with Gasteiger partial charge in [0.25, 0.3) is 11.6 Å². The van der Waals surface area contributed by atoms with E-state index in [9.17, 15) is 19.7 Å². The molecule has 1 amide bonds. The third-order valence-electron chi connectivity index (χ3n) is 4.29. The van der Waals surface area contributed by atoms with Crippen LogP contribution in [-0.4, -0.2) is 22.9 Å². The maximum absolute atomic E-state index is 12.7. The Morgan fingerprint density at radius 3 is 2.63 bits per heavy atom. The number of ether oxygens (including phenoxy) is 1. The van der Waals surface area contributed by atoms with Gasteiger partial charge in [0.2, 0.25) is 0 Å². The van der Waals surface area contributed by atoms with E-state index in [2.05, 4.69) is 5.32 Å². The third-order valence-corrected chi connectivity index (χ3v) is 5.50. The van der Waals surface area contributed by atoms with Crippen LogP contribution in [0.15, 0.2) is 24.3 Å². The molecule has 1 N–H and O–H groups in total. The van der Waals surface area contributed by atoms with Crippen LogP contribution in [0.3, 0.4) is 0 Å². The summed E-state index contributed by atoms with van der Waals surface area (Å²) in [7, 11) is 0. The standard InChI is InChI=1S/C19H20N2O5S/c1-11(2)26-19(23)16-13-8-4-6-10-15(13)27-18(16)20-17(22)12-7-3-5-9-14(12)21(24)25/h3,5,7,9,11H,4,6,8,10H2,1-2H3,(H,20,22). The summed E-state index contributed by atoms with van der Waals surface area (Å²) in [5, 5.41) is 14.3. The molecule has 0 saturated heterocycles. The SMILES string of the molecule is CC(C)OC(=O)c1c(NC(=O)c2ccccc2[N+](=O)[O-])sc2c1CCCC2. The average molecular weight is 388 g/mol. The van der Waals surface area contributed by atoms with Crippen molar-refractivity contribution in [3.63, 3.8) is 0 Å². The Labute approximate surface area is 160 Å². The minimum atomic E-state index is -0.612. The molecule has 0 bridgehead atoms. The molecule has 2 aromatic rings. The summed E-state index contributed by atoms with van der Waals surface area (Å²) < 4.78 is 5.36. The summed E-state index contributed by atoms with van der Waals surface area (Å²) in [5.74, 6) is -1.08. The number of nitrogens with zero attached hydrogens (tertiary/aromatic N) is 1. The summed E-state index contributed by atoms with van der Waals surface area (Å²) in [6.45, 7) is 3.53. The molecule has 0 fully saturated rings. The maximum atomic E-state index is 12.7. The minimum Gasteiger partial charge on any atom is -0.459 e. The van der Waals surface area contributed by atoms with E-state index in [1.165, 1.54) is 29.5 Å². The van der Waals surface area contributed by atoms with Gasteiger partial charge < -0.3 is 10.1 Å². The summed E-state index contributed by atoms with van der Waals surface area (Å²) in [5.41, 5.74) is 0.991. The van der Waals surface area contributed by atoms with Crippen molar-refractivity contribution >= 4 is 33.9 Å². The highest BCUT2D eigenvalue weighted by Gasteiger charge is 2.29. The van der Waals surface area contributed by atoms with E-state index in [4.69, 9.17) is 4.74 Å². The lowest BCUT2D eigenvalue weighted by Gasteiger charge is -2.14. The Kier molecular flexibility index (Phi) is 5.55. The average Bonchev–Trinajstić information content (AvgIpc) is 2.98. The van der Waals surface area contributed by atoms with Gasteiger partial charge in [-0.3, -0.25) is 14.9 Å². The predicted octanol–water partition coefficient (Wildman–Crippen LogP) is 4.35. The Bertz CT molecular complexity index is 904. The van der Waals surface area contributed by atoms with Crippen LogP contribution < -0.4 is 5.32 Å². The summed E-state index contributed by atoms with van der Waals surface area (Å²) >= 11 is 1.35. The number of thiophene rings is 1. The number of anilines is 1. The monoisotopic (exact) mass is 388 g/mol. The molecule has 0 atom stereocenters. The molecular formula is C19H20N2O5S. The number of nitrogens with one attached hydrogen (secondary N) is 1. The smallest absolute Gasteiger partial charge is 0.341 e. The van der Waals surface area contributed by atoms with Gasteiger partial charge in [0.05, 0.1) is 16.6 Å². The molecule has 1 aliphatic rings. The van der Waals surface area contributed by atoms with Gasteiger partial charge in [-0.05, 0) is 51.2 Å². The van der Waals surface area contributed by atoms with E-state index in [-0.39, 0.29) is 17.4 Å². The second kappa shape index (κ2) is 7.87. The van der Waals surface area contributed by atoms with Gasteiger partial charge in [-0.2, -0.15) is 0 Å². The highest BCUT2D eigenvalue weighted by molar-refractivity contribution is 7.17. The molecule has 8 heteroatoms. The van der Waals surface area contributed by atoms with Crippen molar-refractivity contribution < 1.29 is 19.2 Å². The number of hydrogen-bond acceptors (Lipinski definition) is 6. The Balaban J connectivity index is 1.97. The molecule has 27 heavy (non-hydrogen) atoms. The van der Waals surface area contributed by atoms with E-state index in [0.29, 0.717) is 10.6 Å². The number of fused-ring (bicyclic) bond motifs is 1. The molecule has 3 rings (SSSR count). The van der Waals surface area contributed by atoms with Crippen molar-refractivity contribution in [1.82, 2.24) is 0 Å². The fourth-order valence-electron chi connectivity index (χ4n) is 3.14. The molecule has 0 spiro atoms. The maximum Gasteiger partial charge on any atom is 0.341 e. The van der Waals surface area contributed by atoms with E-state index in [1.807, 2.05) is 0 Å². The van der Waals surface area contributed by atoms with Crippen molar-refractivity contribution in [2.45, 2.75) is 45.6 Å². The van der Waals surface area contributed by atoms with Crippen molar-refractivity contribution in [2.75, 3.05) is 5.32 Å². The topological polar surface area (TPSA) is 98.5 Å². The first-order valence-electron chi connectivity index (χ1n) is 8.78. The first-order valence-corrected chi connectivity index (χ1v) is 9.60. The molecule has 142 valence electrons. The number of benzene rings is 1. The zero-order valence-electron chi connectivity index (χ0n) is 15.1. The van der Waals surface area contributed by atoms with E-state index in [1.54, 1.807) is 19.9 Å². The third kappa shape index (κ3) is 4.00. The largest absolute Gasteiger partial charge is 0.459 e. The van der Waals surface area contributed by atoms with Crippen LogP contribution in [0.1, 0.15) is 57.8 Å². The Morgan fingerprint density at radius 2 is 1.93 bits per heavy atom. The van der Waals surface area contributed by atoms with Gasteiger partial charge in [0.15, 0.2) is 0 Å². The van der Waals surface area contributed by atoms with Crippen LogP contribution in [0, 0.1) is 10.1 Å². The highest BCUT2D eigenvalue weighted by atomic mass is 32.1. The first kappa shape index (κ1) is 19.0. The molecule has 0 aliphatic heterocycles. The predicted molar refractivity (Wildman–Crippen MR) is 103 cm³/mol. The number of hydrogen-bond donors (Lipinski definition) is 1. The number of aryl methyl sites for hydroxylation is 1. The Hall–Kier alpha value is -2.74. The van der Waals surface area contributed by atoms with Crippen molar-refractivity contribution in [3.05, 3.63) is 55.9 Å². The van der Waals surface area contributed by atoms with Crippen LogP contribution in [-0.2, 0) is 17.6 Å². The molecule has 0 unspecified atom stereocenters. The lowest BCUT2D eigenvalue weighted by molar-refractivity contribution is -0.385. The minimum absolute atomic E-state index is 0.0444. The quantitative estimate of drug-likeness (QED) is 0.466. The van der Waals surface area contributed by atoms with E-state index in [0.717, 1.165) is 36.1 Å². The van der Waals surface area contributed by atoms with E-state index >= 15 is 0 Å². The van der Waals surface area contributed by atoms with Gasteiger partial charge in [0, 0.05) is 10.9 Å². The Morgan fingerprint density at radius 1 is 1.22 bits per heavy atom. The van der Waals surface area contributed by atoms with Gasteiger partial charge in [-0.1, -0.05) is 12.1 Å². The summed E-state index contributed by atoms with van der Waals surface area (Å²) in [6, 6.07) is 5.74. The zero-order valence-corrected chi connectivity index (χ0v) is 15.9. The van der Waals surface area contributed by atoms with Gasteiger partial charge in [0.1, 0.15) is 10.6 Å². The number of nitro groups is 1. The first-order chi connectivity index (χ1) is 12.9. The molecule has 1 aromatic carbocycles. The van der Waals surface area contributed by atoms with Gasteiger partial charge in [-0.25, -0.2) is 4.79 Å². The summed E-state index contributed by atoms with van der Waals surface area (Å²) in [6.07, 6.45) is 3.34. The number of para-hydroxylation sites is 1. The fourth-order valence-corrected chi connectivity index (χ4v) is 4.41. The van der Waals surface area contributed by atoms with Crippen LogP contribution in [0.4, 0.5) is 10.7 Å². The molecular weight excluding hydrogens is 368 g/mol. The van der Waals surface area contributed by atoms with Crippen LogP contribution in [0.25, 0.3) is 0 Å². The molecule has 0 radical (unpaired) electrons. The normalized spacial score (nSPS) is 13.1. The van der Waals surface area contributed by atoms with Crippen LogP contribution in [0.2, 0.25) is 0 Å². The molecule has 1 heterocycles. The number of rotatable bonds is 5. The number of carbonyl (C=O) groups is 2. The van der Waals surface area contributed by atoms with Gasteiger partial charge >= 0.3 is 5.97 Å². The van der Waals surface area contributed by atoms with Crippen molar-refractivity contribution in [3.8, 4) is 0 Å². The van der Waals surface area contributed by atoms with E-state index < -0.39 is 16.8 Å². The van der Waals surface area contributed by atoms with Crippen LogP contribution in [0.5, 0.6) is 0 Å². The molecule has 7 nitrogen and oxygen atoms in total. The van der Waals surface area contributed by atoms with Crippen molar-refractivity contribution in [1.29, 1.82) is 0 Å². The van der Waals surface area contributed by atoms with Gasteiger partial charge in [-0.15, -0.1) is 11.3 Å². The van der Waals surface area contributed by atoms with Crippen molar-refractivity contribution in [2.24, 2.45) is 0 Å². The molecule has 1 aromatic heterocycles. The van der Waals surface area contributed by atoms with Crippen LogP contribution >= 0.6 is 11.3 Å². The molecule has 1 aliphatic carbocycles. The number of nitro benzene ring substituents is 1. The second-order valence-electron chi connectivity index (χ2n) is 6.60. The zero-order chi connectivity index (χ0) is 19.6. The molecule has 0 saturated carbocycles. The number of amides is 1. The lowest BCUT2D eigenvalue weighted by Crippen LogP contribution is -2.18. The number of esters is 1. The fraction of sp³-hybridized carbons (Fsp3) is 0.368. The lowest BCUT2D eigenvalue weighted by atomic mass is 9.95. The number of carbonyl (C=O) groups excluding carboxylic acids is 2. The second-order valence-corrected chi connectivity index (χ2v) is 7.70. The highest BCUT2D eigenvalue weighted by Crippen LogP contribution is 2.39. The summed E-state index contributed by atoms with van der Waals surface area (Å²) in [4.78, 5) is 37.0.